The summed E-state index contributed by atoms with van der Waals surface area (Å²) in [5.41, 5.74) is -2.06. The summed E-state index contributed by atoms with van der Waals surface area (Å²) < 4.78 is 0.895. The van der Waals surface area contributed by atoms with Gasteiger partial charge in [-0.3, -0.25) is 14.8 Å². The van der Waals surface area contributed by atoms with Crippen molar-refractivity contribution in [2.75, 3.05) is 0 Å². The molecular weight excluding hydrogens is 354 g/mol. The average Bonchev–Trinajstić information content (AvgIpc) is 2.63. The van der Waals surface area contributed by atoms with Crippen molar-refractivity contribution in [3.05, 3.63) is 80.5 Å². The van der Waals surface area contributed by atoms with Gasteiger partial charge in [-0.25, -0.2) is 14.2 Å². The number of H-pyrrole nitrogens is 1. The molecule has 0 spiro atoms. The first-order chi connectivity index (χ1) is 12.9. The average molecular weight is 366 g/mol. The molecule has 0 aliphatic heterocycles. The van der Waals surface area contributed by atoms with E-state index in [0.717, 1.165) is 22.9 Å². The van der Waals surface area contributed by atoms with Crippen LogP contribution in [0.15, 0.2) is 63.1 Å². The highest BCUT2D eigenvalue weighted by molar-refractivity contribution is 5.92. The number of aromatic amines is 1. The first-order valence-electron chi connectivity index (χ1n) is 7.60. The van der Waals surface area contributed by atoms with Crippen LogP contribution in [-0.4, -0.2) is 31.9 Å². The van der Waals surface area contributed by atoms with Gasteiger partial charge in [0.05, 0.1) is 16.9 Å². The van der Waals surface area contributed by atoms with Gasteiger partial charge in [-0.2, -0.15) is 0 Å². The quantitative estimate of drug-likeness (QED) is 0.580. The topological polar surface area (TPSA) is 148 Å². The first kappa shape index (κ1) is 17.7. The van der Waals surface area contributed by atoms with Crippen LogP contribution in [-0.2, 0) is 0 Å². The third-order valence-electron chi connectivity index (χ3n) is 3.67. The molecule has 1 aromatic heterocycles. The lowest BCUT2D eigenvalue weighted by Gasteiger charge is -2.10. The van der Waals surface area contributed by atoms with E-state index in [1.807, 2.05) is 0 Å². The Labute approximate surface area is 151 Å². The molecule has 0 aliphatic rings. The van der Waals surface area contributed by atoms with E-state index in [1.54, 1.807) is 30.3 Å². The number of carboxylic acid groups (broad SMARTS) is 1. The highest BCUT2D eigenvalue weighted by Gasteiger charge is 2.14. The number of aromatic nitrogens is 2. The van der Waals surface area contributed by atoms with Gasteiger partial charge in [0.1, 0.15) is 5.56 Å². The smallest absolute Gasteiger partial charge is 0.335 e. The molecule has 0 radical (unpaired) electrons. The van der Waals surface area contributed by atoms with Crippen LogP contribution in [0.1, 0.15) is 15.9 Å². The largest absolute Gasteiger partial charge is 0.872 e. The predicted octanol–water partition coefficient (Wildman–Crippen LogP) is 0.754. The minimum absolute atomic E-state index is 0.0864. The molecule has 3 rings (SSSR count). The van der Waals surface area contributed by atoms with Crippen LogP contribution in [0.5, 0.6) is 11.6 Å². The number of carboxylic acids is 1. The molecule has 136 valence electrons. The van der Waals surface area contributed by atoms with Crippen molar-refractivity contribution in [3.8, 4) is 17.3 Å². The Morgan fingerprint density at radius 1 is 1.15 bits per heavy atom. The third kappa shape index (κ3) is 3.47. The highest BCUT2D eigenvalue weighted by Crippen LogP contribution is 2.22. The fourth-order valence-electron chi connectivity index (χ4n) is 2.38. The molecule has 2 aromatic carbocycles. The number of para-hydroxylation sites is 1. The Morgan fingerprint density at radius 2 is 1.85 bits per heavy atom. The number of hydrogen-bond acceptors (Lipinski definition) is 6. The summed E-state index contributed by atoms with van der Waals surface area (Å²) in [6.45, 7) is 0. The van der Waals surface area contributed by atoms with Crippen LogP contribution in [0.2, 0.25) is 0 Å². The van der Waals surface area contributed by atoms with E-state index < -0.39 is 34.4 Å². The number of benzene rings is 2. The summed E-state index contributed by atoms with van der Waals surface area (Å²) in [5, 5.41) is 30.8. The Kier molecular flexibility index (Phi) is 4.58. The van der Waals surface area contributed by atoms with Gasteiger partial charge in [0, 0.05) is 6.21 Å². The zero-order chi connectivity index (χ0) is 19.6. The minimum Gasteiger partial charge on any atom is -0.872 e. The van der Waals surface area contributed by atoms with Gasteiger partial charge < -0.3 is 15.3 Å². The molecular formula is C18H12N3O6-. The van der Waals surface area contributed by atoms with Crippen molar-refractivity contribution in [1.29, 1.82) is 0 Å². The van der Waals surface area contributed by atoms with E-state index in [4.69, 9.17) is 5.11 Å². The molecule has 0 unspecified atom stereocenters. The molecule has 0 fully saturated rings. The van der Waals surface area contributed by atoms with Crippen LogP contribution >= 0.6 is 0 Å². The Morgan fingerprint density at radius 3 is 2.52 bits per heavy atom. The van der Waals surface area contributed by atoms with Crippen LogP contribution in [0, 0.1) is 0 Å². The maximum Gasteiger partial charge on any atom is 0.335 e. The number of carbonyl (C=O) groups is 1. The predicted molar refractivity (Wildman–Crippen MR) is 94.4 cm³/mol. The van der Waals surface area contributed by atoms with Crippen molar-refractivity contribution >= 4 is 17.9 Å². The molecule has 0 saturated heterocycles. The molecule has 3 aromatic rings. The number of aromatic carboxylic acids is 1. The molecule has 27 heavy (non-hydrogen) atoms. The van der Waals surface area contributed by atoms with Crippen molar-refractivity contribution in [2.45, 2.75) is 0 Å². The zero-order valence-corrected chi connectivity index (χ0v) is 13.6. The third-order valence-corrected chi connectivity index (χ3v) is 3.67. The van der Waals surface area contributed by atoms with E-state index in [2.05, 4.69) is 9.98 Å². The number of hydrogen-bond donors (Lipinski definition) is 3. The van der Waals surface area contributed by atoms with Crippen molar-refractivity contribution in [1.82, 2.24) is 9.55 Å². The molecule has 0 atom stereocenters. The summed E-state index contributed by atoms with van der Waals surface area (Å²) in [4.78, 5) is 41.1. The Balaban J connectivity index is 2.10. The molecule has 9 nitrogen and oxygen atoms in total. The lowest BCUT2D eigenvalue weighted by atomic mass is 10.2. The second kappa shape index (κ2) is 7.00. The first-order valence-corrected chi connectivity index (χ1v) is 7.60. The van der Waals surface area contributed by atoms with E-state index in [-0.39, 0.29) is 11.3 Å². The van der Waals surface area contributed by atoms with Gasteiger partial charge in [-0.1, -0.05) is 30.0 Å². The second-order valence-electron chi connectivity index (χ2n) is 5.41. The van der Waals surface area contributed by atoms with E-state index in [1.165, 1.54) is 6.07 Å². The summed E-state index contributed by atoms with van der Waals surface area (Å²) in [5.74, 6) is -2.72. The molecule has 3 N–H and O–H groups in total. The van der Waals surface area contributed by atoms with E-state index in [9.17, 15) is 24.6 Å². The standard InChI is InChI=1S/C18H13N3O6/c22-14-7-6-10(8-12(14)17(25)26)19-9-13-15(23)20-18(27)21(16(13)24)11-4-2-1-3-5-11/h1-9,22,24H,(H,25,26)(H,20,23,27)/p-1. The molecule has 0 aliphatic carbocycles. The number of rotatable bonds is 4. The number of nitrogens with one attached hydrogen (secondary N) is 1. The molecule has 1 heterocycles. The monoisotopic (exact) mass is 366 g/mol. The fraction of sp³-hybridized carbons (Fsp3) is 0. The number of aromatic hydroxyl groups is 1. The summed E-state index contributed by atoms with van der Waals surface area (Å²) in [7, 11) is 0. The van der Waals surface area contributed by atoms with Crippen LogP contribution in [0.25, 0.3) is 5.69 Å². The van der Waals surface area contributed by atoms with Gasteiger partial charge in [0.2, 0.25) is 5.88 Å². The molecule has 0 saturated carbocycles. The number of aliphatic imine (C=N–C) groups is 1. The lowest BCUT2D eigenvalue weighted by Crippen LogP contribution is -2.31. The normalized spacial score (nSPS) is 11.0. The Bertz CT molecular complexity index is 1160. The fourth-order valence-corrected chi connectivity index (χ4v) is 2.38. The summed E-state index contributed by atoms with van der Waals surface area (Å²) in [6.07, 6.45) is 0.985. The maximum absolute atomic E-state index is 12.0. The van der Waals surface area contributed by atoms with Gasteiger partial charge in [0.15, 0.2) is 0 Å². The van der Waals surface area contributed by atoms with Gasteiger partial charge in [-0.05, 0) is 24.3 Å². The summed E-state index contributed by atoms with van der Waals surface area (Å²) in [6, 6.07) is 11.5. The highest BCUT2D eigenvalue weighted by atomic mass is 16.4. The van der Waals surface area contributed by atoms with Crippen LogP contribution in [0.4, 0.5) is 5.69 Å². The minimum atomic E-state index is -1.41. The van der Waals surface area contributed by atoms with Gasteiger partial charge in [-0.15, -0.1) is 0 Å². The molecule has 0 bridgehead atoms. The summed E-state index contributed by atoms with van der Waals surface area (Å²) >= 11 is 0. The molecule has 9 heteroatoms. The van der Waals surface area contributed by atoms with Crippen LogP contribution < -0.4 is 16.4 Å². The van der Waals surface area contributed by atoms with E-state index in [0.29, 0.717) is 5.69 Å². The lowest BCUT2D eigenvalue weighted by molar-refractivity contribution is -0.268. The zero-order valence-electron chi connectivity index (χ0n) is 13.6. The Hall–Kier alpha value is -4.14. The van der Waals surface area contributed by atoms with Gasteiger partial charge in [0.25, 0.3) is 5.56 Å². The molecule has 0 amide bonds. The van der Waals surface area contributed by atoms with Crippen molar-refractivity contribution in [3.63, 3.8) is 0 Å². The second-order valence-corrected chi connectivity index (χ2v) is 5.41. The maximum atomic E-state index is 12.0. The van der Waals surface area contributed by atoms with Crippen molar-refractivity contribution in [2.24, 2.45) is 4.99 Å². The van der Waals surface area contributed by atoms with Gasteiger partial charge >= 0.3 is 11.7 Å². The SMILES string of the molecule is O=C(O)c1cc(N=Cc2c(O)n(-c3ccccc3)c(=O)[nH]c2=O)ccc1[O-]. The van der Waals surface area contributed by atoms with Crippen molar-refractivity contribution < 1.29 is 20.1 Å². The number of nitrogens with zero attached hydrogens (tertiary/aromatic N) is 2. The van der Waals surface area contributed by atoms with E-state index >= 15 is 0 Å². The van der Waals surface area contributed by atoms with Crippen LogP contribution in [0.3, 0.4) is 0 Å².